The minimum Gasteiger partial charge on any atom is -0.397 e. The normalized spacial score (nSPS) is 11.2. The minimum absolute atomic E-state index is 0.819. The number of rotatable bonds is 1. The van der Waals surface area contributed by atoms with Crippen LogP contribution in [-0.2, 0) is 0 Å². The molecule has 0 atom stereocenters. The van der Waals surface area contributed by atoms with Crippen LogP contribution in [0.4, 0.5) is 11.4 Å². The number of aromatic amines is 1. The Hall–Kier alpha value is -1.63. The molecule has 0 saturated heterocycles. The van der Waals surface area contributed by atoms with Gasteiger partial charge in [-0.05, 0) is 53.3 Å². The monoisotopic (exact) mass is 379 g/mol. The number of nitrogens with one attached hydrogen (secondary N) is 1. The largest absolute Gasteiger partial charge is 0.397 e. The summed E-state index contributed by atoms with van der Waals surface area (Å²) in [5, 5.41) is 0. The van der Waals surface area contributed by atoms with Crippen LogP contribution in [0, 0.1) is 10.5 Å². The fourth-order valence-electron chi connectivity index (χ4n) is 2.25. The second-order valence-corrected chi connectivity index (χ2v) is 6.23. The van der Waals surface area contributed by atoms with Crippen molar-refractivity contribution in [3.63, 3.8) is 0 Å². The van der Waals surface area contributed by atoms with E-state index in [-0.39, 0.29) is 0 Å². The number of aromatic nitrogens is 2. The van der Waals surface area contributed by atoms with Crippen molar-refractivity contribution in [2.24, 2.45) is 0 Å². The second-order valence-electron chi connectivity index (χ2n) is 5.15. The predicted octanol–water partition coefficient (Wildman–Crippen LogP) is 2.76. The van der Waals surface area contributed by atoms with Gasteiger partial charge in [0.15, 0.2) is 0 Å². The maximum atomic E-state index is 6.11. The molecule has 0 aliphatic rings. The number of hydrogen-bond donors (Lipinski definition) is 1. The molecular weight excluding hydrogens is 363 g/mol. The van der Waals surface area contributed by atoms with Gasteiger partial charge in [0.05, 0.1) is 5.69 Å². The molecule has 1 heterocycles. The van der Waals surface area contributed by atoms with Gasteiger partial charge in [-0.3, -0.25) is 0 Å². The van der Waals surface area contributed by atoms with Crippen molar-refractivity contribution in [1.82, 2.24) is 4.98 Å². The number of hydrogen-bond acceptors (Lipinski definition) is 3. The molecule has 0 unspecified atom stereocenters. The summed E-state index contributed by atoms with van der Waals surface area (Å²) in [6.07, 6.45) is 0. The third-order valence-electron chi connectivity index (χ3n) is 3.49. The highest BCUT2D eigenvalue weighted by molar-refractivity contribution is 14.1. The Balaban J connectivity index is 2.38. The first kappa shape index (κ1) is 13.4. The molecule has 5 heteroatoms. The van der Waals surface area contributed by atoms with Crippen molar-refractivity contribution in [3.05, 3.63) is 33.4 Å². The van der Waals surface area contributed by atoms with E-state index >= 15 is 0 Å². The van der Waals surface area contributed by atoms with Gasteiger partial charge in [0.1, 0.15) is 14.6 Å². The van der Waals surface area contributed by atoms with Gasteiger partial charge in [-0.2, -0.15) is 0 Å². The number of H-pyrrole nitrogens is 1. The van der Waals surface area contributed by atoms with E-state index in [4.69, 9.17) is 10.7 Å². The fourth-order valence-corrected chi connectivity index (χ4v) is 3.08. The quantitative estimate of drug-likeness (QED) is 0.402. The Bertz CT molecular complexity index is 827. The zero-order valence-electron chi connectivity index (χ0n) is 11.7. The smallest absolute Gasteiger partial charge is 0.245 e. The van der Waals surface area contributed by atoms with Crippen LogP contribution in [0.15, 0.2) is 24.3 Å². The molecule has 3 rings (SSSR count). The molecule has 20 heavy (non-hydrogen) atoms. The minimum atomic E-state index is 0.819. The summed E-state index contributed by atoms with van der Waals surface area (Å²) in [5.74, 6) is 0. The average molecular weight is 379 g/mol. The molecule has 1 aromatic heterocycles. The maximum Gasteiger partial charge on any atom is 0.245 e. The molecule has 0 spiro atoms. The topological polar surface area (TPSA) is 56.3 Å². The fraction of sp³-hybridized carbons (Fsp3) is 0.200. The van der Waals surface area contributed by atoms with Gasteiger partial charge in [0, 0.05) is 25.8 Å². The number of nitrogens with two attached hydrogens (primary N) is 1. The summed E-state index contributed by atoms with van der Waals surface area (Å²) in [6, 6.07) is 8.25. The van der Waals surface area contributed by atoms with Gasteiger partial charge in [-0.1, -0.05) is 0 Å². The molecule has 0 bridgehead atoms. The summed E-state index contributed by atoms with van der Waals surface area (Å²) in [6.45, 7) is 2.01. The molecule has 2 aromatic carbocycles. The number of anilines is 2. The molecule has 3 aromatic rings. The van der Waals surface area contributed by atoms with Crippen LogP contribution in [-0.4, -0.2) is 19.1 Å². The highest BCUT2D eigenvalue weighted by atomic mass is 127. The highest BCUT2D eigenvalue weighted by Crippen LogP contribution is 2.27. The molecule has 4 nitrogen and oxygen atoms in total. The lowest BCUT2D eigenvalue weighted by Gasteiger charge is -2.11. The van der Waals surface area contributed by atoms with Crippen LogP contribution in [0.5, 0.6) is 0 Å². The molecule has 0 aliphatic carbocycles. The summed E-state index contributed by atoms with van der Waals surface area (Å²) in [4.78, 5) is 10.3. The van der Waals surface area contributed by atoms with E-state index in [1.54, 1.807) is 0 Å². The Morgan fingerprint density at radius 1 is 1.20 bits per heavy atom. The lowest BCUT2D eigenvalue weighted by atomic mass is 10.1. The van der Waals surface area contributed by atoms with Crippen molar-refractivity contribution < 1.29 is 4.98 Å². The Morgan fingerprint density at radius 2 is 1.95 bits per heavy atom. The Kier molecular flexibility index (Phi) is 3.16. The zero-order valence-corrected chi connectivity index (χ0v) is 13.8. The first-order chi connectivity index (χ1) is 9.47. The standard InChI is InChI=1S/C15H15IN4/c1-8-6-12-15(13(16)14(8)17)19-11-7-9(20(2)3)4-5-10(11)18-12/h4-7H,17H2,1-3H3/p+1. The van der Waals surface area contributed by atoms with Crippen molar-refractivity contribution >= 4 is 56.0 Å². The highest BCUT2D eigenvalue weighted by Gasteiger charge is 2.15. The van der Waals surface area contributed by atoms with E-state index in [2.05, 4.69) is 44.6 Å². The molecule has 102 valence electrons. The second kappa shape index (κ2) is 4.73. The first-order valence-electron chi connectivity index (χ1n) is 6.36. The van der Waals surface area contributed by atoms with Gasteiger partial charge in [0.2, 0.25) is 11.0 Å². The van der Waals surface area contributed by atoms with Gasteiger partial charge < -0.3 is 10.6 Å². The zero-order chi connectivity index (χ0) is 14.4. The number of benzene rings is 2. The van der Waals surface area contributed by atoms with Crippen LogP contribution in [0.2, 0.25) is 0 Å². The predicted molar refractivity (Wildman–Crippen MR) is 92.0 cm³/mol. The van der Waals surface area contributed by atoms with Gasteiger partial charge in [-0.25, -0.2) is 9.97 Å². The molecule has 3 N–H and O–H groups in total. The van der Waals surface area contributed by atoms with Gasteiger partial charge in [-0.15, -0.1) is 0 Å². The number of nitrogen functional groups attached to an aromatic ring is 1. The molecule has 0 saturated carbocycles. The van der Waals surface area contributed by atoms with Gasteiger partial charge >= 0.3 is 0 Å². The molecule has 0 radical (unpaired) electrons. The SMILES string of the molecule is Cc1cc2nc3ccc(N(C)C)cc3[nH+]c2c(I)c1N. The molecule has 0 amide bonds. The van der Waals surface area contributed by atoms with E-state index in [1.165, 1.54) is 0 Å². The third-order valence-corrected chi connectivity index (χ3v) is 4.61. The number of halogens is 1. The molecular formula is C15H16IN4+. The number of fused-ring (bicyclic) bond motifs is 2. The molecule has 0 aliphatic heterocycles. The van der Waals surface area contributed by atoms with Crippen LogP contribution in [0.25, 0.3) is 22.1 Å². The van der Waals surface area contributed by atoms with Crippen molar-refractivity contribution in [3.8, 4) is 0 Å². The Labute approximate surface area is 131 Å². The van der Waals surface area contributed by atoms with Crippen LogP contribution < -0.4 is 15.6 Å². The van der Waals surface area contributed by atoms with E-state index in [1.807, 2.05) is 33.2 Å². The lowest BCUT2D eigenvalue weighted by Crippen LogP contribution is -2.13. The molecule has 0 fully saturated rings. The van der Waals surface area contributed by atoms with E-state index in [0.29, 0.717) is 0 Å². The number of nitrogens with zero attached hydrogens (tertiary/aromatic N) is 2. The van der Waals surface area contributed by atoms with Gasteiger partial charge in [0.25, 0.3) is 0 Å². The lowest BCUT2D eigenvalue weighted by molar-refractivity contribution is -0.311. The van der Waals surface area contributed by atoms with Crippen molar-refractivity contribution in [2.75, 3.05) is 24.7 Å². The summed E-state index contributed by atoms with van der Waals surface area (Å²) < 4.78 is 1.03. The third kappa shape index (κ3) is 2.06. The number of aryl methyl sites for hydroxylation is 1. The average Bonchev–Trinajstić information content (AvgIpc) is 2.43. The summed E-state index contributed by atoms with van der Waals surface area (Å²) in [7, 11) is 4.06. The van der Waals surface area contributed by atoms with E-state index < -0.39 is 0 Å². The van der Waals surface area contributed by atoms with Crippen LogP contribution in [0.3, 0.4) is 0 Å². The summed E-state index contributed by atoms with van der Waals surface area (Å²) >= 11 is 2.28. The van der Waals surface area contributed by atoms with Crippen LogP contribution >= 0.6 is 22.6 Å². The van der Waals surface area contributed by atoms with Crippen LogP contribution in [0.1, 0.15) is 5.56 Å². The summed E-state index contributed by atoms with van der Waals surface area (Å²) in [5.41, 5.74) is 13.1. The van der Waals surface area contributed by atoms with Crippen molar-refractivity contribution in [2.45, 2.75) is 6.92 Å². The maximum absolute atomic E-state index is 6.11. The van der Waals surface area contributed by atoms with E-state index in [9.17, 15) is 0 Å². The first-order valence-corrected chi connectivity index (χ1v) is 7.44. The van der Waals surface area contributed by atoms with Crippen molar-refractivity contribution in [1.29, 1.82) is 0 Å². The Morgan fingerprint density at radius 3 is 2.65 bits per heavy atom. The van der Waals surface area contributed by atoms with E-state index in [0.717, 1.165) is 42.6 Å².